The lowest BCUT2D eigenvalue weighted by molar-refractivity contribution is -0.121. The molecule has 3 rings (SSSR count). The van der Waals surface area contributed by atoms with E-state index in [-0.39, 0.29) is 5.91 Å². The van der Waals surface area contributed by atoms with Gasteiger partial charge in [0, 0.05) is 26.7 Å². The van der Waals surface area contributed by atoms with Gasteiger partial charge in [-0.2, -0.15) is 0 Å². The van der Waals surface area contributed by atoms with Crippen LogP contribution < -0.4 is 5.32 Å². The number of hydrogen-bond acceptors (Lipinski definition) is 5. The third kappa shape index (κ3) is 4.00. The van der Waals surface area contributed by atoms with Crippen LogP contribution in [0.1, 0.15) is 23.6 Å². The fourth-order valence-corrected chi connectivity index (χ4v) is 2.76. The fraction of sp³-hybridized carbons (Fsp3) is 0.500. The van der Waals surface area contributed by atoms with E-state index in [9.17, 15) is 4.79 Å². The maximum atomic E-state index is 11.6. The summed E-state index contributed by atoms with van der Waals surface area (Å²) in [5.74, 6) is 0.838. The van der Waals surface area contributed by atoms with Gasteiger partial charge in [-0.1, -0.05) is 0 Å². The first kappa shape index (κ1) is 15.8. The van der Waals surface area contributed by atoms with Crippen LogP contribution in [0.5, 0.6) is 0 Å². The number of aromatic nitrogens is 2. The predicted octanol–water partition coefficient (Wildman–Crippen LogP) is 1.14. The molecule has 7 heteroatoms. The van der Waals surface area contributed by atoms with Gasteiger partial charge in [-0.3, -0.25) is 9.69 Å². The molecular formula is C16H22N4O3. The van der Waals surface area contributed by atoms with Crippen LogP contribution in [-0.4, -0.2) is 40.5 Å². The van der Waals surface area contributed by atoms with E-state index in [0.29, 0.717) is 26.3 Å². The zero-order chi connectivity index (χ0) is 16.1. The van der Waals surface area contributed by atoms with Crippen molar-refractivity contribution in [1.29, 1.82) is 0 Å². The molecule has 0 aromatic carbocycles. The minimum absolute atomic E-state index is 0.0357. The number of carbonyl (C=O) groups is 1. The zero-order valence-electron chi connectivity index (χ0n) is 13.3. The van der Waals surface area contributed by atoms with Crippen molar-refractivity contribution in [2.45, 2.75) is 32.7 Å². The highest BCUT2D eigenvalue weighted by atomic mass is 16.5. The molecule has 0 atom stereocenters. The normalized spacial score (nSPS) is 15.2. The lowest BCUT2D eigenvalue weighted by Gasteiger charge is -2.18. The van der Waals surface area contributed by atoms with Crippen molar-refractivity contribution in [2.75, 3.05) is 20.1 Å². The molecule has 0 unspecified atom stereocenters. The first-order valence-corrected chi connectivity index (χ1v) is 7.82. The highest BCUT2D eigenvalue weighted by molar-refractivity contribution is 5.77. The molecular weight excluding hydrogens is 296 g/mol. The summed E-state index contributed by atoms with van der Waals surface area (Å²) in [6.07, 6.45) is 4.51. The van der Waals surface area contributed by atoms with Crippen molar-refractivity contribution in [1.82, 2.24) is 19.8 Å². The Morgan fingerprint density at radius 2 is 2.35 bits per heavy atom. The molecule has 124 valence electrons. The van der Waals surface area contributed by atoms with Gasteiger partial charge in [0.25, 0.3) is 0 Å². The minimum Gasteiger partial charge on any atom is -0.467 e. The van der Waals surface area contributed by atoms with Crippen LogP contribution in [0.2, 0.25) is 0 Å². The number of likely N-dealkylation sites (N-methyl/N-ethyl adjacent to an activating group) is 1. The molecule has 0 radical (unpaired) electrons. The van der Waals surface area contributed by atoms with Crippen LogP contribution in [0, 0.1) is 0 Å². The number of hydrogen-bond donors (Lipinski definition) is 1. The standard InChI is InChI=1S/C16H22N4O3/c1-17-16(21)9-19-5-3-6-20-12-18-14(15(20)8-19)11-22-10-13-4-2-7-23-13/h2,4,7,12H,3,5-6,8-11H2,1H3,(H,17,21). The second-order valence-corrected chi connectivity index (χ2v) is 5.64. The fourth-order valence-electron chi connectivity index (χ4n) is 2.76. The van der Waals surface area contributed by atoms with E-state index in [1.54, 1.807) is 13.3 Å². The van der Waals surface area contributed by atoms with Crippen molar-refractivity contribution >= 4 is 5.91 Å². The summed E-state index contributed by atoms with van der Waals surface area (Å²) < 4.78 is 13.1. The van der Waals surface area contributed by atoms with Crippen LogP contribution in [-0.2, 0) is 35.8 Å². The molecule has 0 saturated carbocycles. The quantitative estimate of drug-likeness (QED) is 0.865. The third-order valence-electron chi connectivity index (χ3n) is 3.99. The number of nitrogens with one attached hydrogen (secondary N) is 1. The van der Waals surface area contributed by atoms with Crippen LogP contribution in [0.15, 0.2) is 29.1 Å². The summed E-state index contributed by atoms with van der Waals surface area (Å²) in [5.41, 5.74) is 2.06. The summed E-state index contributed by atoms with van der Waals surface area (Å²) in [4.78, 5) is 18.2. The molecule has 1 aliphatic heterocycles. The van der Waals surface area contributed by atoms with E-state index in [2.05, 4.69) is 19.8 Å². The van der Waals surface area contributed by atoms with E-state index in [1.165, 1.54) is 0 Å². The Morgan fingerprint density at radius 3 is 3.13 bits per heavy atom. The SMILES string of the molecule is CNC(=O)CN1CCCn2cnc(COCc3ccco3)c2C1. The van der Waals surface area contributed by atoms with Crippen molar-refractivity contribution in [3.05, 3.63) is 41.9 Å². The number of furan rings is 1. The molecule has 1 N–H and O–H groups in total. The Labute approximate surface area is 135 Å². The maximum absolute atomic E-state index is 11.6. The van der Waals surface area contributed by atoms with E-state index < -0.39 is 0 Å². The molecule has 0 saturated heterocycles. The van der Waals surface area contributed by atoms with Crippen molar-refractivity contribution in [2.24, 2.45) is 0 Å². The Kier molecular flexibility index (Phi) is 5.09. The molecule has 23 heavy (non-hydrogen) atoms. The lowest BCUT2D eigenvalue weighted by atomic mass is 10.3. The average Bonchev–Trinajstić information content (AvgIpc) is 3.14. The molecule has 0 spiro atoms. The summed E-state index contributed by atoms with van der Waals surface area (Å²) in [6, 6.07) is 3.73. The predicted molar refractivity (Wildman–Crippen MR) is 83.4 cm³/mol. The summed E-state index contributed by atoms with van der Waals surface area (Å²) in [7, 11) is 1.66. The molecule has 1 amide bonds. The number of rotatable bonds is 6. The van der Waals surface area contributed by atoms with Gasteiger partial charge in [-0.15, -0.1) is 0 Å². The van der Waals surface area contributed by atoms with Gasteiger partial charge < -0.3 is 19.0 Å². The number of ether oxygens (including phenoxy) is 1. The number of imidazole rings is 1. The number of aryl methyl sites for hydroxylation is 1. The zero-order valence-corrected chi connectivity index (χ0v) is 13.3. The summed E-state index contributed by atoms with van der Waals surface area (Å²) in [6.45, 7) is 3.83. The minimum atomic E-state index is 0.0357. The Bertz CT molecular complexity index is 636. The van der Waals surface area contributed by atoms with Crippen LogP contribution >= 0.6 is 0 Å². The molecule has 1 aliphatic rings. The molecule has 3 heterocycles. The van der Waals surface area contributed by atoms with Gasteiger partial charge in [0.1, 0.15) is 12.4 Å². The highest BCUT2D eigenvalue weighted by Crippen LogP contribution is 2.17. The largest absolute Gasteiger partial charge is 0.467 e. The van der Waals surface area contributed by atoms with Gasteiger partial charge in [0.2, 0.25) is 5.91 Å². The summed E-state index contributed by atoms with van der Waals surface area (Å²) >= 11 is 0. The number of amides is 1. The number of fused-ring (bicyclic) bond motifs is 1. The molecule has 7 nitrogen and oxygen atoms in total. The van der Waals surface area contributed by atoms with Gasteiger partial charge in [-0.05, 0) is 18.6 Å². The lowest BCUT2D eigenvalue weighted by Crippen LogP contribution is -2.35. The van der Waals surface area contributed by atoms with Crippen LogP contribution in [0.4, 0.5) is 0 Å². The maximum Gasteiger partial charge on any atom is 0.233 e. The van der Waals surface area contributed by atoms with Gasteiger partial charge in [0.05, 0.1) is 37.1 Å². The molecule has 0 fully saturated rings. The first-order chi connectivity index (χ1) is 11.3. The first-order valence-electron chi connectivity index (χ1n) is 7.82. The monoisotopic (exact) mass is 318 g/mol. The Hall–Kier alpha value is -2.12. The Morgan fingerprint density at radius 1 is 1.43 bits per heavy atom. The van der Waals surface area contributed by atoms with Crippen LogP contribution in [0.3, 0.4) is 0 Å². The van der Waals surface area contributed by atoms with Crippen molar-refractivity contribution in [3.63, 3.8) is 0 Å². The molecule has 0 bridgehead atoms. The van der Waals surface area contributed by atoms with Crippen LogP contribution in [0.25, 0.3) is 0 Å². The molecule has 0 aliphatic carbocycles. The molecule has 2 aromatic rings. The highest BCUT2D eigenvalue weighted by Gasteiger charge is 2.20. The van der Waals surface area contributed by atoms with E-state index in [1.807, 2.05) is 18.5 Å². The van der Waals surface area contributed by atoms with E-state index in [0.717, 1.165) is 36.7 Å². The number of nitrogens with zero attached hydrogens (tertiary/aromatic N) is 3. The number of carbonyl (C=O) groups excluding carboxylic acids is 1. The van der Waals surface area contributed by atoms with Gasteiger partial charge in [-0.25, -0.2) is 4.98 Å². The van der Waals surface area contributed by atoms with Crippen molar-refractivity contribution < 1.29 is 13.9 Å². The van der Waals surface area contributed by atoms with Gasteiger partial charge >= 0.3 is 0 Å². The smallest absolute Gasteiger partial charge is 0.233 e. The summed E-state index contributed by atoms with van der Waals surface area (Å²) in [5, 5.41) is 2.68. The van der Waals surface area contributed by atoms with Crippen molar-refractivity contribution in [3.8, 4) is 0 Å². The topological polar surface area (TPSA) is 72.5 Å². The second kappa shape index (κ2) is 7.43. The van der Waals surface area contributed by atoms with Gasteiger partial charge in [0.15, 0.2) is 0 Å². The Balaban J connectivity index is 1.62. The second-order valence-electron chi connectivity index (χ2n) is 5.64. The van der Waals surface area contributed by atoms with E-state index in [4.69, 9.17) is 9.15 Å². The van der Waals surface area contributed by atoms with E-state index >= 15 is 0 Å². The molecule has 2 aromatic heterocycles. The third-order valence-corrected chi connectivity index (χ3v) is 3.99. The average molecular weight is 318 g/mol.